The second kappa shape index (κ2) is 5.85. The number of anilines is 1. The number of methoxy groups -OCH3 is 1. The quantitative estimate of drug-likeness (QED) is 0.738. The van der Waals surface area contributed by atoms with Gasteiger partial charge in [-0.2, -0.15) is 0 Å². The summed E-state index contributed by atoms with van der Waals surface area (Å²) in [6.45, 7) is 4.00. The van der Waals surface area contributed by atoms with Crippen molar-refractivity contribution in [1.29, 1.82) is 0 Å². The highest BCUT2D eigenvalue weighted by atomic mass is 16.5. The van der Waals surface area contributed by atoms with Crippen LogP contribution in [0.4, 0.5) is 5.69 Å². The largest absolute Gasteiger partial charge is 0.501 e. The monoisotopic (exact) mass is 265 g/mol. The van der Waals surface area contributed by atoms with Crippen molar-refractivity contribution < 1.29 is 14.6 Å². The Morgan fingerprint density at radius 3 is 2.68 bits per heavy atom. The number of nitrogens with two attached hydrogens (primary N) is 1. The van der Waals surface area contributed by atoms with Crippen molar-refractivity contribution in [2.75, 3.05) is 12.8 Å². The second-order valence-corrected chi connectivity index (χ2v) is 3.26. The third-order valence-corrected chi connectivity index (χ3v) is 2.24. The molecule has 0 atom stereocenters. The molecule has 0 aromatic carbocycles. The fraction of sp³-hybridized carbons (Fsp3) is 0.250. The van der Waals surface area contributed by atoms with Gasteiger partial charge < -0.3 is 15.6 Å². The van der Waals surface area contributed by atoms with Crippen molar-refractivity contribution in [2.24, 2.45) is 0 Å². The molecule has 0 radical (unpaired) electrons. The van der Waals surface area contributed by atoms with Crippen LogP contribution in [0, 0.1) is 0 Å². The first kappa shape index (κ1) is 14.5. The molecular weight excluding hydrogens is 250 g/mol. The number of hydrogen-bond acceptors (Lipinski definition) is 6. The van der Waals surface area contributed by atoms with Crippen LogP contribution in [0.5, 0.6) is 5.75 Å². The Labute approximate surface area is 109 Å². The van der Waals surface area contributed by atoms with Crippen molar-refractivity contribution in [2.45, 2.75) is 13.8 Å². The normalized spacial score (nSPS) is 9.63. The summed E-state index contributed by atoms with van der Waals surface area (Å²) in [5, 5.41) is 9.55. The molecule has 0 bridgehead atoms. The first-order valence-corrected chi connectivity index (χ1v) is 5.64. The Morgan fingerprint density at radius 2 is 2.11 bits per heavy atom. The predicted octanol–water partition coefficient (Wildman–Crippen LogP) is 0.795. The molecule has 0 saturated carbocycles. The number of rotatable bonds is 1. The molecule has 0 spiro atoms. The van der Waals surface area contributed by atoms with E-state index in [4.69, 9.17) is 5.73 Å². The molecule has 2 rings (SSSR count). The van der Waals surface area contributed by atoms with Gasteiger partial charge >= 0.3 is 11.5 Å². The molecule has 2 heterocycles. The molecule has 2 aromatic heterocycles. The lowest BCUT2D eigenvalue weighted by Gasteiger charge is -2.06. The number of aromatic hydroxyl groups is 1. The third-order valence-electron chi connectivity index (χ3n) is 2.24. The highest BCUT2D eigenvalue weighted by Gasteiger charge is 2.19. The lowest BCUT2D eigenvalue weighted by Crippen LogP contribution is -2.20. The summed E-state index contributed by atoms with van der Waals surface area (Å²) >= 11 is 0. The van der Waals surface area contributed by atoms with Crippen LogP contribution < -0.4 is 11.3 Å². The van der Waals surface area contributed by atoms with Crippen LogP contribution in [0.2, 0.25) is 0 Å². The first-order valence-electron chi connectivity index (χ1n) is 5.64. The molecule has 7 heteroatoms. The number of ether oxygens (including phenoxy) is 1. The Kier molecular flexibility index (Phi) is 4.46. The zero-order valence-electron chi connectivity index (χ0n) is 10.9. The molecule has 0 amide bonds. The van der Waals surface area contributed by atoms with Crippen LogP contribution in [-0.2, 0) is 4.74 Å². The van der Waals surface area contributed by atoms with E-state index in [1.807, 2.05) is 13.8 Å². The molecule has 7 nitrogen and oxygen atoms in total. The summed E-state index contributed by atoms with van der Waals surface area (Å²) in [5.74, 6) is -1.66. The Hall–Kier alpha value is -2.57. The molecule has 102 valence electrons. The van der Waals surface area contributed by atoms with E-state index in [1.54, 1.807) is 0 Å². The minimum Gasteiger partial charge on any atom is -0.501 e. The van der Waals surface area contributed by atoms with Crippen molar-refractivity contribution in [3.63, 3.8) is 0 Å². The number of pyridine rings is 1. The highest BCUT2D eigenvalue weighted by molar-refractivity contribution is 5.91. The van der Waals surface area contributed by atoms with Gasteiger partial charge in [-0.15, -0.1) is 0 Å². The van der Waals surface area contributed by atoms with Crippen LogP contribution in [0.25, 0.3) is 5.65 Å². The minimum atomic E-state index is -0.898. The topological polar surface area (TPSA) is 107 Å². The number of nitrogens with zero attached hydrogens (tertiary/aromatic N) is 2. The maximum absolute atomic E-state index is 11.7. The van der Waals surface area contributed by atoms with Gasteiger partial charge in [0.15, 0.2) is 11.3 Å². The van der Waals surface area contributed by atoms with E-state index in [2.05, 4.69) is 9.72 Å². The van der Waals surface area contributed by atoms with Gasteiger partial charge in [-0.25, -0.2) is 9.78 Å². The summed E-state index contributed by atoms with van der Waals surface area (Å²) in [4.78, 5) is 26.9. The van der Waals surface area contributed by atoms with Gasteiger partial charge in [0.05, 0.1) is 12.8 Å². The van der Waals surface area contributed by atoms with E-state index in [9.17, 15) is 14.7 Å². The number of nitrogen functional groups attached to an aromatic ring is 1. The molecule has 0 aliphatic rings. The van der Waals surface area contributed by atoms with E-state index >= 15 is 0 Å². The van der Waals surface area contributed by atoms with Crippen molar-refractivity contribution in [3.8, 4) is 5.75 Å². The number of esters is 1. The number of fused-ring (bicyclic) bond motifs is 1. The average Bonchev–Trinajstić information content (AvgIpc) is 2.45. The van der Waals surface area contributed by atoms with E-state index in [1.165, 1.54) is 18.3 Å². The predicted molar refractivity (Wildman–Crippen MR) is 70.2 cm³/mol. The average molecular weight is 265 g/mol. The van der Waals surface area contributed by atoms with Gasteiger partial charge in [0.2, 0.25) is 5.75 Å². The molecule has 0 fully saturated rings. The van der Waals surface area contributed by atoms with E-state index < -0.39 is 23.0 Å². The molecule has 19 heavy (non-hydrogen) atoms. The van der Waals surface area contributed by atoms with E-state index in [0.29, 0.717) is 0 Å². The minimum absolute atomic E-state index is 0.0932. The molecular formula is C12H15N3O4. The van der Waals surface area contributed by atoms with Gasteiger partial charge in [0, 0.05) is 6.20 Å². The summed E-state index contributed by atoms with van der Waals surface area (Å²) in [6.07, 6.45) is 1.39. The zero-order chi connectivity index (χ0) is 14.6. The Balaban J connectivity index is 0.000000861. The number of aromatic nitrogens is 2. The standard InChI is InChI=1S/C10H9N3O4.C2H6/c1-17-10(16)6-7(14)9(15)13-4-2-3-5(11)8(13)12-6;1-2/h2-4,14H,11H2,1H3;1-2H3. The summed E-state index contributed by atoms with van der Waals surface area (Å²) in [7, 11) is 1.12. The third kappa shape index (κ3) is 2.49. The maximum Gasteiger partial charge on any atom is 0.360 e. The second-order valence-electron chi connectivity index (χ2n) is 3.26. The van der Waals surface area contributed by atoms with E-state index in [0.717, 1.165) is 11.5 Å². The molecule has 0 aliphatic carbocycles. The van der Waals surface area contributed by atoms with Crippen LogP contribution >= 0.6 is 0 Å². The van der Waals surface area contributed by atoms with Crippen molar-refractivity contribution in [3.05, 3.63) is 34.4 Å². The highest BCUT2D eigenvalue weighted by Crippen LogP contribution is 2.15. The first-order chi connectivity index (χ1) is 9.06. The van der Waals surface area contributed by atoms with Gasteiger partial charge in [-0.1, -0.05) is 13.8 Å². The fourth-order valence-electron chi connectivity index (χ4n) is 1.41. The number of carbonyl (C=O) groups is 1. The fourth-order valence-corrected chi connectivity index (χ4v) is 1.41. The zero-order valence-corrected chi connectivity index (χ0v) is 10.9. The summed E-state index contributed by atoms with van der Waals surface area (Å²) in [5.41, 5.74) is 4.72. The van der Waals surface area contributed by atoms with Crippen molar-refractivity contribution in [1.82, 2.24) is 9.38 Å². The Bertz CT molecular complexity index is 664. The van der Waals surface area contributed by atoms with Crippen LogP contribution in [-0.4, -0.2) is 27.6 Å². The van der Waals surface area contributed by atoms with Crippen LogP contribution in [0.3, 0.4) is 0 Å². The smallest absolute Gasteiger partial charge is 0.360 e. The molecule has 0 saturated heterocycles. The van der Waals surface area contributed by atoms with Crippen LogP contribution in [0.1, 0.15) is 24.3 Å². The Morgan fingerprint density at radius 1 is 1.47 bits per heavy atom. The lowest BCUT2D eigenvalue weighted by molar-refractivity contribution is 0.0590. The lowest BCUT2D eigenvalue weighted by atomic mass is 10.3. The summed E-state index contributed by atoms with van der Waals surface area (Å²) in [6, 6.07) is 3.06. The van der Waals surface area contributed by atoms with E-state index in [-0.39, 0.29) is 11.3 Å². The van der Waals surface area contributed by atoms with Gasteiger partial charge in [-0.05, 0) is 12.1 Å². The van der Waals surface area contributed by atoms with Gasteiger partial charge in [0.25, 0.3) is 0 Å². The van der Waals surface area contributed by atoms with Gasteiger partial charge in [0.1, 0.15) is 0 Å². The summed E-state index contributed by atoms with van der Waals surface area (Å²) < 4.78 is 5.46. The molecule has 3 N–H and O–H groups in total. The number of hydrogen-bond donors (Lipinski definition) is 2. The van der Waals surface area contributed by atoms with Crippen molar-refractivity contribution >= 4 is 17.3 Å². The molecule has 0 aliphatic heterocycles. The van der Waals surface area contributed by atoms with Gasteiger partial charge in [-0.3, -0.25) is 9.20 Å². The number of carbonyl (C=O) groups excluding carboxylic acids is 1. The SMILES string of the molecule is CC.COC(=O)c1nc2c(N)cccn2c(=O)c1O. The van der Waals surface area contributed by atoms with Crippen LogP contribution in [0.15, 0.2) is 23.1 Å². The maximum atomic E-state index is 11.7. The molecule has 0 unspecified atom stereocenters. The molecule has 2 aromatic rings.